The van der Waals surface area contributed by atoms with Gasteiger partial charge in [0.25, 0.3) is 5.91 Å². The maximum Gasteiger partial charge on any atom is 0.254 e. The number of aliphatic hydroxyl groups excluding tert-OH is 1. The molecule has 0 bridgehead atoms. The molecule has 0 aromatic heterocycles. The number of carbonyl (C=O) groups is 1. The van der Waals surface area contributed by atoms with Crippen LogP contribution >= 0.6 is 0 Å². The number of nitrogens with zero attached hydrogens (tertiary/aromatic N) is 1. The quantitative estimate of drug-likeness (QED) is 0.333. The largest absolute Gasteiger partial charge is 0.390 e. The van der Waals surface area contributed by atoms with Crippen LogP contribution in [0.15, 0.2) is 42.5 Å². The van der Waals surface area contributed by atoms with E-state index in [-0.39, 0.29) is 23.5 Å². The Morgan fingerprint density at radius 3 is 2.54 bits per heavy atom. The summed E-state index contributed by atoms with van der Waals surface area (Å²) in [7, 11) is -3.68. The lowest BCUT2D eigenvalue weighted by Gasteiger charge is -2.30. The van der Waals surface area contributed by atoms with Crippen LogP contribution in [0.1, 0.15) is 67.8 Å². The second-order valence-electron chi connectivity index (χ2n) is 10.6. The van der Waals surface area contributed by atoms with Crippen LogP contribution in [0.5, 0.6) is 0 Å². The van der Waals surface area contributed by atoms with Gasteiger partial charge in [-0.2, -0.15) is 0 Å². The zero-order valence-electron chi connectivity index (χ0n) is 22.7. The first-order valence-corrected chi connectivity index (χ1v) is 15.7. The van der Waals surface area contributed by atoms with Crippen molar-refractivity contribution in [3.8, 4) is 0 Å². The molecule has 1 saturated carbocycles. The Morgan fingerprint density at radius 2 is 1.85 bits per heavy atom. The van der Waals surface area contributed by atoms with E-state index in [1.807, 2.05) is 37.3 Å². The van der Waals surface area contributed by atoms with E-state index < -0.39 is 33.9 Å². The average molecular weight is 561 g/mol. The van der Waals surface area contributed by atoms with E-state index in [0.717, 1.165) is 35.6 Å². The molecule has 1 heterocycles. The van der Waals surface area contributed by atoms with Crippen LogP contribution < -0.4 is 20.3 Å². The number of benzene rings is 2. The SMILES string of the molecule is CCNc1cc(C(=O)N[C@@H](Cc2ccccc2)[C@H](O)CNC2CCCCC2)c(F)c(N2CCCCS2(=O)=O)c1. The molecule has 2 aromatic rings. The normalized spacial score (nSPS) is 19.3. The molecular weight excluding hydrogens is 519 g/mol. The highest BCUT2D eigenvalue weighted by Gasteiger charge is 2.32. The number of hydrogen-bond donors (Lipinski definition) is 4. The van der Waals surface area contributed by atoms with Gasteiger partial charge in [-0.25, -0.2) is 12.8 Å². The van der Waals surface area contributed by atoms with Gasteiger partial charge in [-0.3, -0.25) is 9.10 Å². The molecule has 2 atom stereocenters. The fourth-order valence-corrected chi connectivity index (χ4v) is 7.08. The van der Waals surface area contributed by atoms with Crippen molar-refractivity contribution >= 4 is 27.3 Å². The molecule has 10 heteroatoms. The average Bonchev–Trinajstić information content (AvgIpc) is 2.93. The molecule has 4 N–H and O–H groups in total. The van der Waals surface area contributed by atoms with E-state index in [9.17, 15) is 18.3 Å². The van der Waals surface area contributed by atoms with Crippen molar-refractivity contribution in [2.45, 2.75) is 76.5 Å². The summed E-state index contributed by atoms with van der Waals surface area (Å²) in [5.74, 6) is -1.63. The van der Waals surface area contributed by atoms with Crippen LogP contribution in [0.25, 0.3) is 0 Å². The first-order valence-electron chi connectivity index (χ1n) is 14.1. The lowest BCUT2D eigenvalue weighted by Crippen LogP contribution is -2.50. The maximum atomic E-state index is 15.9. The van der Waals surface area contributed by atoms with Gasteiger partial charge in [-0.15, -0.1) is 0 Å². The van der Waals surface area contributed by atoms with E-state index in [1.165, 1.54) is 18.6 Å². The summed E-state index contributed by atoms with van der Waals surface area (Å²) in [5, 5.41) is 20.5. The van der Waals surface area contributed by atoms with Crippen LogP contribution in [0.3, 0.4) is 0 Å². The fraction of sp³-hybridized carbons (Fsp3) is 0.552. The number of aliphatic hydroxyl groups is 1. The number of hydrogen-bond acceptors (Lipinski definition) is 6. The van der Waals surface area contributed by atoms with Crippen molar-refractivity contribution < 1.29 is 22.7 Å². The van der Waals surface area contributed by atoms with Crippen LogP contribution in [-0.4, -0.2) is 63.0 Å². The lowest BCUT2D eigenvalue weighted by atomic mass is 9.95. The van der Waals surface area contributed by atoms with Crippen LogP contribution in [0, 0.1) is 5.82 Å². The number of rotatable bonds is 11. The van der Waals surface area contributed by atoms with Gasteiger partial charge in [-0.1, -0.05) is 49.6 Å². The maximum absolute atomic E-state index is 15.9. The molecule has 1 amide bonds. The first-order chi connectivity index (χ1) is 18.8. The summed E-state index contributed by atoms with van der Waals surface area (Å²) < 4.78 is 42.5. The fourth-order valence-electron chi connectivity index (χ4n) is 5.46. The zero-order valence-corrected chi connectivity index (χ0v) is 23.5. The van der Waals surface area contributed by atoms with Crippen LogP contribution in [-0.2, 0) is 16.4 Å². The van der Waals surface area contributed by atoms with Gasteiger partial charge >= 0.3 is 0 Å². The number of nitrogens with one attached hydrogen (secondary N) is 3. The minimum absolute atomic E-state index is 0.0568. The molecule has 214 valence electrons. The zero-order chi connectivity index (χ0) is 27.8. The molecular formula is C29H41FN4O4S. The summed E-state index contributed by atoms with van der Waals surface area (Å²) in [6.45, 7) is 2.85. The summed E-state index contributed by atoms with van der Waals surface area (Å²) in [6, 6.07) is 12.0. The van der Waals surface area contributed by atoms with Gasteiger partial charge in [0, 0.05) is 31.4 Å². The highest BCUT2D eigenvalue weighted by molar-refractivity contribution is 7.92. The van der Waals surface area contributed by atoms with Crippen molar-refractivity contribution in [2.75, 3.05) is 35.0 Å². The van der Waals surface area contributed by atoms with Gasteiger partial charge in [0.2, 0.25) is 10.0 Å². The Balaban J connectivity index is 1.59. The minimum Gasteiger partial charge on any atom is -0.390 e. The number of sulfonamides is 1. The molecule has 2 aromatic carbocycles. The summed E-state index contributed by atoms with van der Waals surface area (Å²) >= 11 is 0. The Labute approximate surface area is 231 Å². The Morgan fingerprint density at radius 1 is 1.10 bits per heavy atom. The third kappa shape index (κ3) is 7.70. The summed E-state index contributed by atoms with van der Waals surface area (Å²) in [5.41, 5.74) is 1.01. The second-order valence-corrected chi connectivity index (χ2v) is 12.6. The monoisotopic (exact) mass is 560 g/mol. The molecule has 0 radical (unpaired) electrons. The molecule has 1 aliphatic carbocycles. The number of halogens is 1. The highest BCUT2D eigenvalue weighted by atomic mass is 32.2. The second kappa shape index (κ2) is 13.6. The van der Waals surface area contributed by atoms with Gasteiger partial charge < -0.3 is 21.1 Å². The van der Waals surface area contributed by atoms with Crippen molar-refractivity contribution in [1.29, 1.82) is 0 Å². The molecule has 0 spiro atoms. The third-order valence-corrected chi connectivity index (χ3v) is 9.45. The molecule has 1 aliphatic heterocycles. The van der Waals surface area contributed by atoms with Gasteiger partial charge in [0.1, 0.15) is 0 Å². The van der Waals surface area contributed by atoms with Crippen molar-refractivity contribution in [2.24, 2.45) is 0 Å². The lowest BCUT2D eigenvalue weighted by molar-refractivity contribution is 0.0817. The number of amides is 1. The molecule has 2 fully saturated rings. The summed E-state index contributed by atoms with van der Waals surface area (Å²) in [6.07, 6.45) is 6.27. The summed E-state index contributed by atoms with van der Waals surface area (Å²) in [4.78, 5) is 13.6. The molecule has 0 unspecified atom stereocenters. The molecule has 2 aliphatic rings. The smallest absolute Gasteiger partial charge is 0.254 e. The Bertz CT molecular complexity index is 1210. The Hall–Kier alpha value is -2.69. The van der Waals surface area contributed by atoms with Crippen LogP contribution in [0.4, 0.5) is 15.8 Å². The number of carbonyl (C=O) groups excluding carboxylic acids is 1. The van der Waals surface area contributed by atoms with E-state index in [2.05, 4.69) is 16.0 Å². The predicted octanol–water partition coefficient (Wildman–Crippen LogP) is 3.81. The van der Waals surface area contributed by atoms with E-state index >= 15 is 4.39 Å². The minimum atomic E-state index is -3.68. The molecule has 39 heavy (non-hydrogen) atoms. The van der Waals surface area contributed by atoms with Gasteiger partial charge in [0.15, 0.2) is 5.82 Å². The van der Waals surface area contributed by atoms with E-state index in [1.54, 1.807) is 0 Å². The first kappa shape index (κ1) is 29.3. The predicted molar refractivity (Wildman–Crippen MR) is 153 cm³/mol. The topological polar surface area (TPSA) is 111 Å². The molecule has 1 saturated heterocycles. The molecule has 8 nitrogen and oxygen atoms in total. The highest BCUT2D eigenvalue weighted by Crippen LogP contribution is 2.32. The molecule has 4 rings (SSSR count). The van der Waals surface area contributed by atoms with Gasteiger partial charge in [0.05, 0.1) is 29.1 Å². The van der Waals surface area contributed by atoms with Crippen LogP contribution in [0.2, 0.25) is 0 Å². The Kier molecular flexibility index (Phi) is 10.2. The van der Waals surface area contributed by atoms with Crippen molar-refractivity contribution in [3.63, 3.8) is 0 Å². The van der Waals surface area contributed by atoms with Gasteiger partial charge in [-0.05, 0) is 56.7 Å². The standard InChI is InChI=1S/C29H41FN4O4S/c1-2-31-23-18-24(28(30)26(19-23)34-15-9-10-16-39(34,37)38)29(36)33-25(17-21-11-5-3-6-12-21)27(35)20-32-22-13-7-4-8-14-22/h3,5-6,11-12,18-19,22,25,27,31-32,35H,2,4,7-10,13-17,20H2,1H3,(H,33,36)/t25-,27+/m0/s1. The van der Waals surface area contributed by atoms with E-state index in [4.69, 9.17) is 0 Å². The van der Waals surface area contributed by atoms with Crippen molar-refractivity contribution in [3.05, 3.63) is 59.4 Å². The van der Waals surface area contributed by atoms with Crippen molar-refractivity contribution in [1.82, 2.24) is 10.6 Å². The van der Waals surface area contributed by atoms with E-state index in [0.29, 0.717) is 44.1 Å². The third-order valence-electron chi connectivity index (χ3n) is 7.60. The number of anilines is 2.